The number of nitrogens with zero attached hydrogens (tertiary/aromatic N) is 13. The minimum atomic E-state index is -3.39. The van der Waals surface area contributed by atoms with Gasteiger partial charge in [0.15, 0.2) is 10.3 Å². The zero-order valence-corrected chi connectivity index (χ0v) is 89.9. The minimum Gasteiger partial charge on any atom is -0.468 e. The maximum Gasteiger partial charge on any atom is 0.330 e. The Labute approximate surface area is 901 Å². The molecule has 8 aliphatic rings. The molecular weight excluding hydrogens is 2140 g/mol. The Morgan fingerprint density at radius 1 is 0.541 bits per heavy atom. The Bertz CT molecular complexity index is 5750. The van der Waals surface area contributed by atoms with Crippen LogP contribution < -0.4 is 26.2 Å². The molecule has 8 fully saturated rings. The van der Waals surface area contributed by atoms with Gasteiger partial charge in [0, 0.05) is 161 Å². The molecule has 0 spiro atoms. The molecule has 0 aromatic carbocycles. The molecule has 1 amide bonds. The van der Waals surface area contributed by atoms with Crippen LogP contribution in [-0.2, 0) is 95.7 Å². The lowest BCUT2D eigenvalue weighted by Crippen LogP contribution is -2.55. The number of esters is 4. The second-order valence-electron chi connectivity index (χ2n) is 33.5. The lowest BCUT2D eigenvalue weighted by Gasteiger charge is -2.26. The molecule has 795 valence electrons. The largest absolute Gasteiger partial charge is 0.468 e. The van der Waals surface area contributed by atoms with Gasteiger partial charge in [-0.05, 0) is 213 Å². The van der Waals surface area contributed by atoms with Gasteiger partial charge in [-0.25, -0.2) is 49.6 Å². The fourth-order valence-corrected chi connectivity index (χ4v) is 20.2. The molecule has 44 nitrogen and oxygen atoms in total. The summed E-state index contributed by atoms with van der Waals surface area (Å²) < 4.78 is 127. The number of hydrogen-bond donors (Lipinski definition) is 7. The number of thiazole rings is 2. The number of nitro groups is 2. The van der Waals surface area contributed by atoms with Crippen molar-refractivity contribution >= 4 is 235 Å². The van der Waals surface area contributed by atoms with E-state index in [-0.39, 0.29) is 76.2 Å². The quantitative estimate of drug-likeness (QED) is 0.00301. The summed E-state index contributed by atoms with van der Waals surface area (Å²) in [5.74, 6) is 0.546. The van der Waals surface area contributed by atoms with Crippen molar-refractivity contribution in [3.8, 4) is 0 Å². The van der Waals surface area contributed by atoms with Crippen LogP contribution in [0.5, 0.6) is 0 Å². The molecular formula is C86H121B9BrCl3N19O25S5. The molecule has 15 rings (SSSR count). The monoisotopic (exact) mass is 2260 g/mol. The van der Waals surface area contributed by atoms with Crippen molar-refractivity contribution in [2.45, 2.75) is 194 Å². The zero-order chi connectivity index (χ0) is 109. The van der Waals surface area contributed by atoms with Crippen LogP contribution in [0.3, 0.4) is 0 Å². The van der Waals surface area contributed by atoms with Crippen LogP contribution in [0.25, 0.3) is 0 Å². The topological polar surface area (TPSA) is 591 Å². The van der Waals surface area contributed by atoms with E-state index in [4.69, 9.17) is 127 Å². The van der Waals surface area contributed by atoms with Crippen molar-refractivity contribution in [1.29, 1.82) is 0 Å². The third kappa shape index (κ3) is 51.5. The average Bonchev–Trinajstić information content (AvgIpc) is 1.66. The number of anilines is 5. The van der Waals surface area contributed by atoms with Crippen LogP contribution >= 0.6 is 72.5 Å². The van der Waals surface area contributed by atoms with E-state index in [0.29, 0.717) is 150 Å². The number of alkyl halides is 1. The summed E-state index contributed by atoms with van der Waals surface area (Å²) in [6.07, 6.45) is 32.4. The van der Waals surface area contributed by atoms with Crippen molar-refractivity contribution in [3.63, 3.8) is 0 Å². The summed E-state index contributed by atoms with van der Waals surface area (Å²) in [4.78, 5) is 87.0. The number of ether oxygens (including phenoxy) is 9. The molecule has 7 aromatic heterocycles. The SMILES string of the molecule is C.C=C=C=C=C=C=C=C=C.CCO.COC(=O)C(Br)CC1CCOCC1.COC(=O)C(CC1CCOCC1)n1cc(N)cn1.COC(=O)C(CC1CCOCC1)n1cc(NS(=O)(=O)C2CC2)cn1.COC(=O)C(CC1CCOCC1)n1cc([N+](=O)[O-])cn1.Nc1ncc(Cl)s1.O=C(Nc1ncc(Cl)s1)C(CC1CCOCC1)n1cc(NS(=O)(=O)C2CC2)cn1.O=S(=O)(Cl)C1CC1.O=[N+]([O-])c1cn[nH]c1.[B][B]B(B([B])[B])B([B])[B]. The lowest BCUT2D eigenvalue weighted by atomic mass is 8.64. The van der Waals surface area contributed by atoms with E-state index in [0.717, 1.165) is 129 Å². The predicted octanol–water partition coefficient (Wildman–Crippen LogP) is 9.78. The van der Waals surface area contributed by atoms with Gasteiger partial charge >= 0.3 is 35.3 Å². The molecule has 148 heavy (non-hydrogen) atoms. The highest BCUT2D eigenvalue weighted by Crippen LogP contribution is 2.37. The predicted molar refractivity (Wildman–Crippen MR) is 576 cm³/mol. The van der Waals surface area contributed by atoms with E-state index in [1.807, 2.05) is 0 Å². The molecule has 3 aliphatic carbocycles. The summed E-state index contributed by atoms with van der Waals surface area (Å²) in [7, 11) is 27.9. The van der Waals surface area contributed by atoms with Gasteiger partial charge in [0.25, 0.3) is 5.91 Å². The zero-order valence-electron chi connectivity index (χ0n) is 81.9. The first-order valence-electron chi connectivity index (χ1n) is 46.3. The van der Waals surface area contributed by atoms with E-state index < -0.39 is 81.9 Å². The van der Waals surface area contributed by atoms with Crippen molar-refractivity contribution in [3.05, 3.63) is 157 Å². The van der Waals surface area contributed by atoms with Gasteiger partial charge in [0.1, 0.15) is 56.3 Å². The number of carbonyl (C=O) groups is 5. The van der Waals surface area contributed by atoms with Gasteiger partial charge < -0.3 is 64.5 Å². The Morgan fingerprint density at radius 3 is 1.16 bits per heavy atom. The van der Waals surface area contributed by atoms with Crippen molar-refractivity contribution in [1.82, 2.24) is 59.3 Å². The first kappa shape index (κ1) is 131. The van der Waals surface area contributed by atoms with Gasteiger partial charge in [-0.1, -0.05) is 80.7 Å². The van der Waals surface area contributed by atoms with Gasteiger partial charge in [0.05, 0.1) is 114 Å². The molecule has 5 unspecified atom stereocenters. The Morgan fingerprint density at radius 2 is 0.885 bits per heavy atom. The number of halogens is 4. The van der Waals surface area contributed by atoms with Crippen LogP contribution in [0.4, 0.5) is 38.7 Å². The number of H-pyrrole nitrogens is 1. The van der Waals surface area contributed by atoms with Crippen LogP contribution in [0.15, 0.2) is 128 Å². The molecule has 11 radical (unpaired) electrons. The maximum atomic E-state index is 13.0. The average molecular weight is 2260 g/mol. The van der Waals surface area contributed by atoms with Gasteiger partial charge in [-0.15, -0.1) is 0 Å². The molecule has 7 aromatic rings. The first-order chi connectivity index (χ1) is 70.1. The Hall–Kier alpha value is -9.60. The van der Waals surface area contributed by atoms with Crippen LogP contribution in [0.2, 0.25) is 8.67 Å². The maximum absolute atomic E-state index is 13.0. The summed E-state index contributed by atoms with van der Waals surface area (Å²) in [5, 5.41) is 53.1. The second-order valence-corrected chi connectivity index (χ2v) is 44.7. The lowest BCUT2D eigenvalue weighted by molar-refractivity contribution is -0.385. The number of amides is 1. The van der Waals surface area contributed by atoms with E-state index in [1.54, 1.807) is 36.4 Å². The standard InChI is InChI=1S/C17H22ClN5O4S2.C15H23N3O5S.C12H17N3O5.C12H19N3O3.C9H15BrO3.C9H4.C3H3ClN2S.C3H5ClO2S.C3H3N3O2.C2H6O.CH4.B9/c18-15-9-19-17(28-15)21-16(24)14(7-11-3-5-27-6-4-11)23-10-12(8-20-23)22-29(25,26)13-1-2-13;1-22-15(19)14(8-11-4-6-23-7-5-11)18-10-12(9-16-18)17-24(20,21)13-2-3-13;1-19-12(16)11(6-9-2-4-20-5-3-9)14-8-10(7-13-14)15(17)18;1-17-12(16)11(15-8-10(13)7-14-15)6-9-2-4-18-5-3-9;1-12-9(11)8(10)6-7-2-4-13-5-3-7;1-3-5-7-9-8-6-4-2;4-2-1-6-3(5)7-2;4-7(5,6)3-1-2-3;7-6(8)3-1-4-5-2-3;1-2-3;;1-6-9(7(2)3)8(4)5/h8-11,13-14,22H,1-7H2,(H,19,21,24);9-11,13-14,17H,2-8H2,1H3;7-9,11H,2-6H2,1H3;7-9,11H,2-6,13H2,1H3;7-8H,2-6H2,1H3;1-2H2;1H,(H2,5,6);3H,1-2H2;1-2H,(H,4,5);3H,2H2,1H3;1H4;. The number of nitrogens with two attached hydrogens (primary N) is 2. The smallest absolute Gasteiger partial charge is 0.330 e. The van der Waals surface area contributed by atoms with Gasteiger partial charge in [-0.3, -0.25) is 63.1 Å². The van der Waals surface area contributed by atoms with E-state index in [2.05, 4.69) is 129 Å². The van der Waals surface area contributed by atoms with Crippen LogP contribution in [0.1, 0.15) is 173 Å². The van der Waals surface area contributed by atoms with Gasteiger partial charge in [0.2, 0.25) is 29.1 Å². The molecule has 5 aliphatic heterocycles. The third-order valence-corrected chi connectivity index (χ3v) is 30.8. The minimum absolute atomic E-state index is 0. The van der Waals surface area contributed by atoms with E-state index in [1.165, 1.54) is 109 Å². The summed E-state index contributed by atoms with van der Waals surface area (Å²) in [6.45, 7) is 15.7. The summed E-state index contributed by atoms with van der Waals surface area (Å²) in [5.41, 5.74) is 29.0. The molecule has 3 saturated carbocycles. The van der Waals surface area contributed by atoms with Gasteiger partial charge in [-0.2, -0.15) is 25.5 Å². The number of aliphatic hydroxyl groups is 1. The van der Waals surface area contributed by atoms with Crippen molar-refractivity contribution in [2.24, 2.45) is 29.6 Å². The second kappa shape index (κ2) is 70.5. The molecule has 5 atom stereocenters. The Balaban J connectivity index is 0.000000353. The first-order valence-corrected chi connectivity index (χ1v) is 55.1. The fourth-order valence-electron chi connectivity index (χ4n) is 14.0. The number of aromatic amines is 1. The highest BCUT2D eigenvalue weighted by molar-refractivity contribution is 9.10. The fraction of sp³-hybridized carbons (Fsp3) is 0.593. The summed E-state index contributed by atoms with van der Waals surface area (Å²) in [6, 6.07) is -2.18. The van der Waals surface area contributed by atoms with Crippen molar-refractivity contribution in [2.75, 3.05) is 127 Å². The van der Waals surface area contributed by atoms with Crippen LogP contribution in [-0.4, -0.2) is 316 Å². The highest BCUT2D eigenvalue weighted by Gasteiger charge is 2.40. The highest BCUT2D eigenvalue weighted by atomic mass is 79.9. The normalized spacial score (nSPS) is 16.4. The number of rotatable bonds is 32. The molecule has 5 saturated heterocycles. The number of nitrogens with one attached hydrogen (secondary N) is 4. The molecule has 12 heterocycles. The molecule has 9 N–H and O–H groups in total. The van der Waals surface area contributed by atoms with Crippen LogP contribution in [0, 0.1) is 49.8 Å². The number of nitrogen functional groups attached to an aromatic ring is 2. The third-order valence-electron chi connectivity index (χ3n) is 22.4. The van der Waals surface area contributed by atoms with Crippen molar-refractivity contribution < 1.29 is 107 Å². The van der Waals surface area contributed by atoms with E-state index in [9.17, 15) is 69.5 Å². The number of hydrogen-bond acceptors (Lipinski definition) is 36. The molecule has 62 heteroatoms. The molecule has 0 bridgehead atoms. The number of methoxy groups -OCH3 is 4. The Kier molecular flexibility index (Phi) is 62.3. The number of sulfonamides is 2. The number of aliphatic hydroxyl groups excluding tert-OH is 1. The number of carbonyl (C=O) groups excluding carboxylic acids is 5. The summed E-state index contributed by atoms with van der Waals surface area (Å²) >= 11 is 17.1. The number of aromatic nitrogens is 12. The van der Waals surface area contributed by atoms with E-state index >= 15 is 0 Å².